The number of hydrogen-bond acceptors (Lipinski definition) is 12. The third kappa shape index (κ3) is 18.2. The Morgan fingerprint density at radius 1 is 0.347 bits per heavy atom. The number of amides is 5. The second-order valence-electron chi connectivity index (χ2n) is 22.8. The molecule has 0 aromatic carbocycles. The van der Waals surface area contributed by atoms with E-state index in [1.54, 1.807) is 7.05 Å². The highest BCUT2D eigenvalue weighted by atomic mass is 16.2. The van der Waals surface area contributed by atoms with E-state index in [2.05, 4.69) is 37.2 Å². The summed E-state index contributed by atoms with van der Waals surface area (Å²) in [4.78, 5) is 127. The Kier molecular flexibility index (Phi) is 22.8. The highest BCUT2D eigenvalue weighted by Crippen LogP contribution is 2.37. The standard InChI is InChI=1S/C55H87N7O10/c1-56-44-13-11-42(31-44)54(71)60-21-17-48(65)29-36-5-9-40(25-36)52(69)58-19-15-46(63)27-34-3-7-38(23-34)50(67)33-62-45-14-12-43(32-45)55(72)61-22-18-49(66)30-37-6-10-41(26-37)53(70)59-20-16-47(64)28-35-4-8-39(24-35)51(68)57-2/h34-45,56,62H,3-33H2,1-2H3,(H,57,68)(H,58,69)(H,59,70)(H,60,71)(H,61,72). The molecule has 6 fully saturated rings. The van der Waals surface area contributed by atoms with E-state index in [0.717, 1.165) is 77.0 Å². The van der Waals surface area contributed by atoms with Gasteiger partial charge in [-0.25, -0.2) is 0 Å². The van der Waals surface area contributed by atoms with Crippen LogP contribution in [0.1, 0.15) is 167 Å². The lowest BCUT2D eigenvalue weighted by molar-refractivity contribution is -0.126. The lowest BCUT2D eigenvalue weighted by Crippen LogP contribution is -2.36. The van der Waals surface area contributed by atoms with Crippen molar-refractivity contribution in [1.29, 1.82) is 0 Å². The van der Waals surface area contributed by atoms with Crippen molar-refractivity contribution in [1.82, 2.24) is 37.2 Å². The molecule has 17 heteroatoms. The molecule has 0 aliphatic heterocycles. The van der Waals surface area contributed by atoms with Gasteiger partial charge in [0.25, 0.3) is 0 Å². The molecule has 0 spiro atoms. The third-order valence-electron chi connectivity index (χ3n) is 17.4. The van der Waals surface area contributed by atoms with Crippen LogP contribution in [0.3, 0.4) is 0 Å². The Balaban J connectivity index is 0.739. The largest absolute Gasteiger partial charge is 0.359 e. The van der Waals surface area contributed by atoms with Crippen molar-refractivity contribution >= 4 is 58.5 Å². The van der Waals surface area contributed by atoms with Gasteiger partial charge in [-0.05, 0) is 146 Å². The number of rotatable bonds is 30. The van der Waals surface area contributed by atoms with Gasteiger partial charge in [0, 0.05) is 132 Å². The monoisotopic (exact) mass is 1010 g/mol. The zero-order valence-corrected chi connectivity index (χ0v) is 43.4. The van der Waals surface area contributed by atoms with E-state index in [4.69, 9.17) is 0 Å². The molecule has 0 bridgehead atoms. The van der Waals surface area contributed by atoms with Gasteiger partial charge in [-0.2, -0.15) is 0 Å². The fourth-order valence-electron chi connectivity index (χ4n) is 13.1. The molecule has 0 radical (unpaired) electrons. The predicted molar refractivity (Wildman–Crippen MR) is 271 cm³/mol. The molecule has 12 atom stereocenters. The minimum absolute atomic E-state index is 0.0121. The first kappa shape index (κ1) is 56.9. The Bertz CT molecular complexity index is 1930. The van der Waals surface area contributed by atoms with Crippen LogP contribution in [0.4, 0.5) is 0 Å². The minimum Gasteiger partial charge on any atom is -0.359 e. The van der Waals surface area contributed by atoms with Gasteiger partial charge in [-0.1, -0.05) is 0 Å². The van der Waals surface area contributed by atoms with Crippen molar-refractivity contribution in [3.63, 3.8) is 0 Å². The summed E-state index contributed by atoms with van der Waals surface area (Å²) in [6.07, 6.45) is 16.6. The van der Waals surface area contributed by atoms with E-state index < -0.39 is 0 Å². The molecule has 0 heterocycles. The van der Waals surface area contributed by atoms with E-state index >= 15 is 0 Å². The van der Waals surface area contributed by atoms with Crippen LogP contribution >= 0.6 is 0 Å². The lowest BCUT2D eigenvalue weighted by atomic mass is 9.96. The van der Waals surface area contributed by atoms with Crippen molar-refractivity contribution in [3.8, 4) is 0 Å². The molecule has 7 N–H and O–H groups in total. The van der Waals surface area contributed by atoms with Crippen LogP contribution in [0.2, 0.25) is 0 Å². The summed E-state index contributed by atoms with van der Waals surface area (Å²) in [6, 6.07) is 0.443. The number of carbonyl (C=O) groups excluding carboxylic acids is 10. The smallest absolute Gasteiger partial charge is 0.223 e. The molecule has 12 unspecified atom stereocenters. The first-order valence-corrected chi connectivity index (χ1v) is 28.0. The fraction of sp³-hybridized carbons (Fsp3) is 0.818. The molecular formula is C55H87N7O10. The molecule has 402 valence electrons. The van der Waals surface area contributed by atoms with Gasteiger partial charge in [-0.15, -0.1) is 0 Å². The molecule has 0 saturated heterocycles. The maximum atomic E-state index is 13.2. The number of hydrogen-bond donors (Lipinski definition) is 7. The quantitative estimate of drug-likeness (QED) is 0.0540. The molecular weight excluding hydrogens is 919 g/mol. The molecule has 6 aliphatic rings. The van der Waals surface area contributed by atoms with Gasteiger partial charge in [0.05, 0.1) is 6.54 Å². The van der Waals surface area contributed by atoms with Crippen LogP contribution in [-0.2, 0) is 47.9 Å². The Morgan fingerprint density at radius 2 is 0.653 bits per heavy atom. The first-order chi connectivity index (χ1) is 34.7. The summed E-state index contributed by atoms with van der Waals surface area (Å²) in [5, 5.41) is 21.0. The van der Waals surface area contributed by atoms with Gasteiger partial charge >= 0.3 is 0 Å². The Labute approximate surface area is 427 Å². The lowest BCUT2D eigenvalue weighted by Gasteiger charge is -2.16. The van der Waals surface area contributed by atoms with E-state index in [9.17, 15) is 47.9 Å². The summed E-state index contributed by atoms with van der Waals surface area (Å²) in [6.45, 7) is 1.46. The summed E-state index contributed by atoms with van der Waals surface area (Å²) in [5.74, 6) is 0.496. The van der Waals surface area contributed by atoms with Gasteiger partial charge in [0.15, 0.2) is 0 Å². The summed E-state index contributed by atoms with van der Waals surface area (Å²) in [7, 11) is 3.55. The summed E-state index contributed by atoms with van der Waals surface area (Å²) >= 11 is 0. The van der Waals surface area contributed by atoms with E-state index in [1.165, 1.54) is 0 Å². The average molecular weight is 1010 g/mol. The van der Waals surface area contributed by atoms with Crippen LogP contribution in [0, 0.1) is 59.2 Å². The maximum absolute atomic E-state index is 13.2. The zero-order chi connectivity index (χ0) is 51.6. The number of Topliss-reactive ketones (excluding diaryl/α,β-unsaturated/α-hetero) is 5. The van der Waals surface area contributed by atoms with Crippen LogP contribution in [0.15, 0.2) is 0 Å². The van der Waals surface area contributed by atoms with Crippen molar-refractivity contribution < 1.29 is 47.9 Å². The molecule has 5 amide bonds. The highest BCUT2D eigenvalue weighted by Gasteiger charge is 2.36. The molecule has 6 aliphatic carbocycles. The second-order valence-corrected chi connectivity index (χ2v) is 22.8. The Morgan fingerprint density at radius 3 is 1.01 bits per heavy atom. The van der Waals surface area contributed by atoms with E-state index in [1.807, 2.05) is 7.05 Å². The highest BCUT2D eigenvalue weighted by molar-refractivity contribution is 5.86. The van der Waals surface area contributed by atoms with E-state index in [-0.39, 0.29) is 163 Å². The number of ketones is 5. The fourth-order valence-corrected chi connectivity index (χ4v) is 13.1. The Hall–Kier alpha value is -4.38. The van der Waals surface area contributed by atoms with Gasteiger partial charge < -0.3 is 37.2 Å². The molecule has 0 aromatic rings. The topological polar surface area (TPSA) is 255 Å². The molecule has 17 nitrogen and oxygen atoms in total. The van der Waals surface area contributed by atoms with Crippen molar-refractivity contribution in [2.24, 2.45) is 59.2 Å². The van der Waals surface area contributed by atoms with Gasteiger partial charge in [-0.3, -0.25) is 47.9 Å². The third-order valence-corrected chi connectivity index (χ3v) is 17.4. The minimum atomic E-state index is -0.176. The van der Waals surface area contributed by atoms with Gasteiger partial charge in [0.1, 0.15) is 28.9 Å². The molecule has 0 aromatic heterocycles. The molecule has 6 saturated carbocycles. The zero-order valence-electron chi connectivity index (χ0n) is 43.4. The van der Waals surface area contributed by atoms with Crippen LogP contribution in [0.5, 0.6) is 0 Å². The van der Waals surface area contributed by atoms with Crippen LogP contribution in [0.25, 0.3) is 0 Å². The van der Waals surface area contributed by atoms with Crippen LogP contribution in [-0.4, -0.2) is 117 Å². The molecule has 6 rings (SSSR count). The van der Waals surface area contributed by atoms with Crippen molar-refractivity contribution in [3.05, 3.63) is 0 Å². The summed E-state index contributed by atoms with van der Waals surface area (Å²) < 4.78 is 0. The average Bonchev–Trinajstić information content (AvgIpc) is 4.23. The second kappa shape index (κ2) is 28.9. The van der Waals surface area contributed by atoms with Gasteiger partial charge in [0.2, 0.25) is 29.5 Å². The van der Waals surface area contributed by atoms with Crippen molar-refractivity contribution in [2.75, 3.05) is 46.8 Å². The number of carbonyl (C=O) groups is 10. The predicted octanol–water partition coefficient (Wildman–Crippen LogP) is 3.98. The van der Waals surface area contributed by atoms with Crippen molar-refractivity contribution in [2.45, 2.75) is 179 Å². The number of nitrogens with one attached hydrogen (secondary N) is 7. The molecule has 72 heavy (non-hydrogen) atoms. The van der Waals surface area contributed by atoms with E-state index in [0.29, 0.717) is 89.8 Å². The first-order valence-electron chi connectivity index (χ1n) is 28.0. The normalized spacial score (nSPS) is 29.9. The summed E-state index contributed by atoms with van der Waals surface area (Å²) in [5.41, 5.74) is 0. The van der Waals surface area contributed by atoms with Crippen LogP contribution < -0.4 is 37.2 Å². The maximum Gasteiger partial charge on any atom is 0.223 e. The SMILES string of the molecule is CNC(=O)C1CCC(CC(=O)CCNC(=O)C2CCC(CC(=O)CCNC(=O)C3CCC(NCC(=O)C4CCC(CC(=O)CCNC(=O)C5CCC(CC(=O)CCNC(=O)C6CCC(NC)C6)C5)C4)C3)C2)C1.